The molecule has 0 rings (SSSR count). The predicted octanol–water partition coefficient (Wildman–Crippen LogP) is -4.52. The largest absolute Gasteiger partial charge is 1.00 e. The van der Waals surface area contributed by atoms with E-state index in [-0.39, 0.29) is 41.9 Å². The standard InChI is InChI=1S/Na.H2O2.2H2O.H/c;1-2;;;/h;1-2H;2*1H2;/q+1;;;;-1. The molecule has 0 fully saturated rings. The average molecular weight is 94.0 g/mol. The molecular formula is H7NaO4. The molecule has 0 aromatic rings. The molecule has 0 atom stereocenters. The van der Waals surface area contributed by atoms with Gasteiger partial charge in [-0.1, -0.05) is 0 Å². The van der Waals surface area contributed by atoms with Crippen molar-refractivity contribution in [1.82, 2.24) is 0 Å². The van der Waals surface area contributed by atoms with Crippen LogP contribution in [0.2, 0.25) is 0 Å². The van der Waals surface area contributed by atoms with Gasteiger partial charge in [-0.3, -0.25) is 10.5 Å². The molecule has 0 amide bonds. The molecule has 32 valence electrons. The molecule has 6 N–H and O–H groups in total. The van der Waals surface area contributed by atoms with E-state index in [0.717, 1.165) is 0 Å². The molecule has 0 saturated heterocycles. The molecular weight excluding hydrogens is 87.0 g/mol. The summed E-state index contributed by atoms with van der Waals surface area (Å²) in [6.45, 7) is 0. The maximum atomic E-state index is 6.00. The van der Waals surface area contributed by atoms with Crippen LogP contribution in [0.3, 0.4) is 0 Å². The van der Waals surface area contributed by atoms with E-state index in [2.05, 4.69) is 0 Å². The molecule has 5 heavy (non-hydrogen) atoms. The summed E-state index contributed by atoms with van der Waals surface area (Å²) in [6.07, 6.45) is 0. The molecule has 0 aliphatic rings. The van der Waals surface area contributed by atoms with Gasteiger partial charge in [-0.05, 0) is 0 Å². The summed E-state index contributed by atoms with van der Waals surface area (Å²) in [7, 11) is 0. The smallest absolute Gasteiger partial charge is 1.00 e. The Balaban J connectivity index is -0.000000000833. The molecule has 0 spiro atoms. The molecule has 0 aliphatic heterocycles. The summed E-state index contributed by atoms with van der Waals surface area (Å²) in [5.41, 5.74) is 0. The van der Waals surface area contributed by atoms with Crippen LogP contribution < -0.4 is 29.6 Å². The van der Waals surface area contributed by atoms with Gasteiger partial charge in [-0.2, -0.15) is 0 Å². The third-order valence-corrected chi connectivity index (χ3v) is 0. The monoisotopic (exact) mass is 94.0 g/mol. The molecule has 4 nitrogen and oxygen atoms in total. The Hall–Kier alpha value is 0.840. The molecule has 0 aromatic heterocycles. The Morgan fingerprint density at radius 1 is 1.00 bits per heavy atom. The zero-order valence-electron chi connectivity index (χ0n) is 3.89. The molecule has 5 heteroatoms. The molecule has 0 heterocycles. The molecule has 0 aromatic carbocycles. The van der Waals surface area contributed by atoms with Crippen LogP contribution >= 0.6 is 0 Å². The Morgan fingerprint density at radius 2 is 1.00 bits per heavy atom. The van der Waals surface area contributed by atoms with Crippen molar-refractivity contribution in [2.24, 2.45) is 0 Å². The van der Waals surface area contributed by atoms with E-state index >= 15 is 0 Å². The Kier molecular flexibility index (Phi) is 817. The van der Waals surface area contributed by atoms with Crippen molar-refractivity contribution in [1.29, 1.82) is 0 Å². The molecule has 0 bridgehead atoms. The van der Waals surface area contributed by atoms with Crippen molar-refractivity contribution in [3.63, 3.8) is 0 Å². The Labute approximate surface area is 52.8 Å². The van der Waals surface area contributed by atoms with Gasteiger partial charge in [0.1, 0.15) is 0 Å². The van der Waals surface area contributed by atoms with Crippen molar-refractivity contribution in [2.45, 2.75) is 0 Å². The topological polar surface area (TPSA) is 103 Å². The van der Waals surface area contributed by atoms with E-state index in [9.17, 15) is 0 Å². The Bertz CT molecular complexity index is 7.51. The zero-order chi connectivity index (χ0) is 2.00. The van der Waals surface area contributed by atoms with Gasteiger partial charge in [0.05, 0.1) is 0 Å². The van der Waals surface area contributed by atoms with Crippen LogP contribution in [0.25, 0.3) is 0 Å². The van der Waals surface area contributed by atoms with Gasteiger partial charge >= 0.3 is 29.6 Å². The van der Waals surface area contributed by atoms with Crippen LogP contribution in [-0.2, 0) is 0 Å². The van der Waals surface area contributed by atoms with E-state index in [1.807, 2.05) is 0 Å². The summed E-state index contributed by atoms with van der Waals surface area (Å²) in [5.74, 6) is 0. The van der Waals surface area contributed by atoms with Gasteiger partial charge in [0, 0.05) is 0 Å². The van der Waals surface area contributed by atoms with Gasteiger partial charge in [-0.25, -0.2) is 0 Å². The van der Waals surface area contributed by atoms with Crippen molar-refractivity contribution < 1.29 is 52.5 Å². The van der Waals surface area contributed by atoms with E-state index in [1.165, 1.54) is 0 Å². The fraction of sp³-hybridized carbons (Fsp3) is 0. The van der Waals surface area contributed by atoms with Crippen molar-refractivity contribution >= 4 is 0 Å². The van der Waals surface area contributed by atoms with Crippen molar-refractivity contribution in [3.05, 3.63) is 0 Å². The van der Waals surface area contributed by atoms with Crippen molar-refractivity contribution in [3.8, 4) is 0 Å². The summed E-state index contributed by atoms with van der Waals surface area (Å²) in [5, 5.41) is 12.0. The minimum atomic E-state index is 0. The maximum absolute atomic E-state index is 6.00. The minimum absolute atomic E-state index is 0. The number of hydrogen-bond donors (Lipinski definition) is 2. The van der Waals surface area contributed by atoms with Crippen LogP contribution in [0.1, 0.15) is 1.43 Å². The molecule has 0 aliphatic carbocycles. The summed E-state index contributed by atoms with van der Waals surface area (Å²) in [6, 6.07) is 0. The minimum Gasteiger partial charge on any atom is -1.00 e. The van der Waals surface area contributed by atoms with Crippen molar-refractivity contribution in [2.75, 3.05) is 0 Å². The molecule has 0 unspecified atom stereocenters. The van der Waals surface area contributed by atoms with Gasteiger partial charge in [-0.15, -0.1) is 0 Å². The first-order chi connectivity index (χ1) is 1.00. The zero-order valence-corrected chi connectivity index (χ0v) is 4.89. The molecule has 0 radical (unpaired) electrons. The normalized spacial score (nSPS) is 1.20. The quantitative estimate of drug-likeness (QED) is 0.179. The summed E-state index contributed by atoms with van der Waals surface area (Å²) in [4.78, 5) is 0. The number of rotatable bonds is 0. The van der Waals surface area contributed by atoms with E-state index in [1.54, 1.807) is 0 Å². The SMILES string of the molecule is O.O.OO.[H-].[Na+]. The first-order valence-corrected chi connectivity index (χ1v) is 0.200. The maximum Gasteiger partial charge on any atom is 1.00 e. The third kappa shape index (κ3) is 55.3. The van der Waals surface area contributed by atoms with E-state index in [0.29, 0.717) is 0 Å². The van der Waals surface area contributed by atoms with Crippen LogP contribution in [0, 0.1) is 0 Å². The van der Waals surface area contributed by atoms with Gasteiger partial charge in [0.25, 0.3) is 0 Å². The third-order valence-electron chi connectivity index (χ3n) is 0. The van der Waals surface area contributed by atoms with Gasteiger partial charge < -0.3 is 12.4 Å². The first-order valence-electron chi connectivity index (χ1n) is 0.200. The Morgan fingerprint density at radius 3 is 1.00 bits per heavy atom. The second-order valence-electron chi connectivity index (χ2n) is 0. The van der Waals surface area contributed by atoms with Crippen LogP contribution in [0.4, 0.5) is 0 Å². The summed E-state index contributed by atoms with van der Waals surface area (Å²) >= 11 is 0. The second-order valence-corrected chi connectivity index (χ2v) is 0. The average Bonchev–Trinajstić information content (AvgIpc) is 1.00. The van der Waals surface area contributed by atoms with Gasteiger partial charge in [0.2, 0.25) is 0 Å². The fourth-order valence-corrected chi connectivity index (χ4v) is 0. The van der Waals surface area contributed by atoms with Crippen LogP contribution in [0.15, 0.2) is 0 Å². The fourth-order valence-electron chi connectivity index (χ4n) is 0. The summed E-state index contributed by atoms with van der Waals surface area (Å²) < 4.78 is 0. The van der Waals surface area contributed by atoms with Gasteiger partial charge in [0.15, 0.2) is 0 Å². The number of hydrogen-bond acceptors (Lipinski definition) is 2. The van der Waals surface area contributed by atoms with E-state index < -0.39 is 0 Å². The first kappa shape index (κ1) is 40.4. The van der Waals surface area contributed by atoms with Crippen LogP contribution in [-0.4, -0.2) is 21.5 Å². The second kappa shape index (κ2) is 101. The van der Waals surface area contributed by atoms with E-state index in [4.69, 9.17) is 10.5 Å². The molecule has 0 saturated carbocycles. The predicted molar refractivity (Wildman–Crippen MR) is 13.6 cm³/mol. The van der Waals surface area contributed by atoms with Crippen LogP contribution in [0.5, 0.6) is 0 Å².